The standard InChI is InChI=1S/C16H23NO5/c1-19-12-9-11(15(21-3)14(10-12)20-2)6-7-17-16(18)13-5-4-8-22-13/h9-10,13H,4-8H2,1-3H3,(H,17,18). The lowest BCUT2D eigenvalue weighted by molar-refractivity contribution is -0.129. The average Bonchev–Trinajstić information content (AvgIpc) is 3.08. The van der Waals surface area contributed by atoms with E-state index in [9.17, 15) is 4.79 Å². The van der Waals surface area contributed by atoms with Gasteiger partial charge >= 0.3 is 0 Å². The van der Waals surface area contributed by atoms with Gasteiger partial charge in [-0.05, 0) is 25.3 Å². The third-order valence-electron chi connectivity index (χ3n) is 3.68. The topological polar surface area (TPSA) is 66.0 Å². The van der Waals surface area contributed by atoms with Crippen molar-refractivity contribution in [2.24, 2.45) is 0 Å². The molecule has 0 saturated carbocycles. The number of ether oxygens (including phenoxy) is 4. The van der Waals surface area contributed by atoms with Crippen LogP contribution in [0.4, 0.5) is 0 Å². The second-order valence-corrected chi connectivity index (χ2v) is 5.06. The number of methoxy groups -OCH3 is 3. The Morgan fingerprint density at radius 2 is 2.09 bits per heavy atom. The van der Waals surface area contributed by atoms with Crippen molar-refractivity contribution in [2.45, 2.75) is 25.4 Å². The van der Waals surface area contributed by atoms with Crippen molar-refractivity contribution in [3.8, 4) is 17.2 Å². The molecule has 1 aromatic carbocycles. The zero-order chi connectivity index (χ0) is 15.9. The van der Waals surface area contributed by atoms with Gasteiger partial charge in [0, 0.05) is 24.8 Å². The maximum absolute atomic E-state index is 11.9. The van der Waals surface area contributed by atoms with Crippen molar-refractivity contribution in [1.82, 2.24) is 5.32 Å². The molecule has 22 heavy (non-hydrogen) atoms. The van der Waals surface area contributed by atoms with Crippen LogP contribution >= 0.6 is 0 Å². The number of amides is 1. The first-order valence-corrected chi connectivity index (χ1v) is 7.37. The highest BCUT2D eigenvalue weighted by Gasteiger charge is 2.23. The number of hydrogen-bond acceptors (Lipinski definition) is 5. The summed E-state index contributed by atoms with van der Waals surface area (Å²) >= 11 is 0. The Morgan fingerprint density at radius 3 is 2.68 bits per heavy atom. The van der Waals surface area contributed by atoms with Crippen LogP contribution in [0, 0.1) is 0 Å². The summed E-state index contributed by atoms with van der Waals surface area (Å²) in [5.41, 5.74) is 0.923. The SMILES string of the molecule is COc1cc(CCNC(=O)C2CCCO2)c(OC)c(OC)c1. The lowest BCUT2D eigenvalue weighted by Crippen LogP contribution is -2.35. The zero-order valence-corrected chi connectivity index (χ0v) is 13.3. The predicted molar refractivity (Wildman–Crippen MR) is 81.8 cm³/mol. The van der Waals surface area contributed by atoms with Crippen LogP contribution < -0.4 is 19.5 Å². The molecule has 0 aliphatic carbocycles. The minimum atomic E-state index is -0.304. The fourth-order valence-electron chi connectivity index (χ4n) is 2.54. The second kappa shape index (κ2) is 7.89. The summed E-state index contributed by atoms with van der Waals surface area (Å²) in [5.74, 6) is 1.92. The Labute approximate surface area is 130 Å². The monoisotopic (exact) mass is 309 g/mol. The molecule has 1 heterocycles. The molecule has 6 heteroatoms. The molecule has 1 unspecified atom stereocenters. The third kappa shape index (κ3) is 3.82. The fraction of sp³-hybridized carbons (Fsp3) is 0.562. The van der Waals surface area contributed by atoms with Gasteiger partial charge in [-0.15, -0.1) is 0 Å². The van der Waals surface area contributed by atoms with Gasteiger partial charge in [-0.25, -0.2) is 0 Å². The summed E-state index contributed by atoms with van der Waals surface area (Å²) in [4.78, 5) is 11.9. The number of rotatable bonds is 7. The number of benzene rings is 1. The van der Waals surface area contributed by atoms with Gasteiger partial charge in [0.2, 0.25) is 5.91 Å². The number of carbonyl (C=O) groups excluding carboxylic acids is 1. The largest absolute Gasteiger partial charge is 0.497 e. The molecule has 0 radical (unpaired) electrons. The fourth-order valence-corrected chi connectivity index (χ4v) is 2.54. The van der Waals surface area contributed by atoms with E-state index in [0.717, 1.165) is 18.4 Å². The van der Waals surface area contributed by atoms with Crippen molar-refractivity contribution < 1.29 is 23.7 Å². The quantitative estimate of drug-likeness (QED) is 0.828. The van der Waals surface area contributed by atoms with Gasteiger partial charge in [0.25, 0.3) is 0 Å². The van der Waals surface area contributed by atoms with E-state index in [-0.39, 0.29) is 12.0 Å². The minimum absolute atomic E-state index is 0.0497. The van der Waals surface area contributed by atoms with Gasteiger partial charge in [-0.1, -0.05) is 0 Å². The van der Waals surface area contributed by atoms with Crippen LogP contribution in [0.2, 0.25) is 0 Å². The first-order chi connectivity index (χ1) is 10.7. The van der Waals surface area contributed by atoms with E-state index in [0.29, 0.717) is 36.8 Å². The highest BCUT2D eigenvalue weighted by molar-refractivity contribution is 5.80. The van der Waals surface area contributed by atoms with Crippen LogP contribution in [0.1, 0.15) is 18.4 Å². The Hall–Kier alpha value is -1.95. The molecule has 2 rings (SSSR count). The minimum Gasteiger partial charge on any atom is -0.497 e. The first-order valence-electron chi connectivity index (χ1n) is 7.37. The molecular formula is C16H23NO5. The molecule has 6 nitrogen and oxygen atoms in total. The number of carbonyl (C=O) groups is 1. The van der Waals surface area contributed by atoms with E-state index in [1.165, 1.54) is 0 Å². The summed E-state index contributed by atoms with van der Waals surface area (Å²) in [6.07, 6.45) is 2.05. The number of nitrogens with one attached hydrogen (secondary N) is 1. The molecule has 122 valence electrons. The smallest absolute Gasteiger partial charge is 0.249 e. The summed E-state index contributed by atoms with van der Waals surface area (Å²) in [5, 5.41) is 2.90. The van der Waals surface area contributed by atoms with E-state index in [1.54, 1.807) is 27.4 Å². The third-order valence-corrected chi connectivity index (χ3v) is 3.68. The van der Waals surface area contributed by atoms with Gasteiger partial charge < -0.3 is 24.3 Å². The van der Waals surface area contributed by atoms with Crippen LogP contribution in [0.25, 0.3) is 0 Å². The Balaban J connectivity index is 2.00. The van der Waals surface area contributed by atoms with Crippen molar-refractivity contribution in [3.63, 3.8) is 0 Å². The van der Waals surface area contributed by atoms with Crippen molar-refractivity contribution in [1.29, 1.82) is 0 Å². The van der Waals surface area contributed by atoms with Crippen molar-refractivity contribution >= 4 is 5.91 Å². The molecule has 1 amide bonds. The predicted octanol–water partition coefficient (Wildman–Crippen LogP) is 1.55. The summed E-state index contributed by atoms with van der Waals surface area (Å²) in [6.45, 7) is 1.17. The van der Waals surface area contributed by atoms with Gasteiger partial charge in [0.1, 0.15) is 11.9 Å². The molecule has 0 bridgehead atoms. The van der Waals surface area contributed by atoms with E-state index < -0.39 is 0 Å². The zero-order valence-electron chi connectivity index (χ0n) is 13.3. The molecule has 1 aliphatic heterocycles. The molecule has 1 fully saturated rings. The lowest BCUT2D eigenvalue weighted by Gasteiger charge is -2.15. The maximum Gasteiger partial charge on any atom is 0.249 e. The van der Waals surface area contributed by atoms with Crippen molar-refractivity contribution in [3.05, 3.63) is 17.7 Å². The Morgan fingerprint density at radius 1 is 1.27 bits per heavy atom. The Kier molecular flexibility index (Phi) is 5.89. The molecule has 1 N–H and O–H groups in total. The van der Waals surface area contributed by atoms with Crippen molar-refractivity contribution in [2.75, 3.05) is 34.5 Å². The first kappa shape index (κ1) is 16.4. The highest BCUT2D eigenvalue weighted by atomic mass is 16.5. The normalized spacial score (nSPS) is 17.1. The van der Waals surface area contributed by atoms with Crippen LogP contribution in [0.5, 0.6) is 17.2 Å². The summed E-state index contributed by atoms with van der Waals surface area (Å²) in [7, 11) is 4.78. The second-order valence-electron chi connectivity index (χ2n) is 5.06. The van der Waals surface area contributed by atoms with E-state index >= 15 is 0 Å². The molecular weight excluding hydrogens is 286 g/mol. The van der Waals surface area contributed by atoms with E-state index in [1.807, 2.05) is 6.07 Å². The van der Waals surface area contributed by atoms with Crippen LogP contribution in [0.15, 0.2) is 12.1 Å². The van der Waals surface area contributed by atoms with E-state index in [2.05, 4.69) is 5.32 Å². The van der Waals surface area contributed by atoms with Gasteiger partial charge in [-0.2, -0.15) is 0 Å². The van der Waals surface area contributed by atoms with Gasteiger partial charge in [-0.3, -0.25) is 4.79 Å². The molecule has 1 saturated heterocycles. The van der Waals surface area contributed by atoms with Gasteiger partial charge in [0.15, 0.2) is 11.5 Å². The van der Waals surface area contributed by atoms with Crippen LogP contribution in [0.3, 0.4) is 0 Å². The molecule has 1 aliphatic rings. The average molecular weight is 309 g/mol. The van der Waals surface area contributed by atoms with Crippen LogP contribution in [-0.2, 0) is 16.0 Å². The summed E-state index contributed by atoms with van der Waals surface area (Å²) in [6, 6.07) is 3.66. The van der Waals surface area contributed by atoms with Gasteiger partial charge in [0.05, 0.1) is 21.3 Å². The maximum atomic E-state index is 11.9. The molecule has 1 aromatic rings. The summed E-state index contributed by atoms with van der Waals surface area (Å²) < 4.78 is 21.3. The van der Waals surface area contributed by atoms with Crippen LogP contribution in [-0.4, -0.2) is 46.5 Å². The highest BCUT2D eigenvalue weighted by Crippen LogP contribution is 2.35. The Bertz CT molecular complexity index is 512. The number of hydrogen-bond donors (Lipinski definition) is 1. The lowest BCUT2D eigenvalue weighted by atomic mass is 10.1. The molecule has 0 spiro atoms. The van der Waals surface area contributed by atoms with E-state index in [4.69, 9.17) is 18.9 Å². The molecule has 1 atom stereocenters. The molecule has 0 aromatic heterocycles.